The Morgan fingerprint density at radius 3 is 1.99 bits per heavy atom. The minimum Gasteiger partial charge on any atom is -0.493 e. The molecule has 7 aliphatic rings. The van der Waals surface area contributed by atoms with E-state index in [1.165, 1.54) is 26.2 Å². The monoisotopic (exact) mass is 1350 g/mol. The van der Waals surface area contributed by atoms with E-state index in [0.29, 0.717) is 84.1 Å². The van der Waals surface area contributed by atoms with Crippen LogP contribution in [0, 0.1) is 28.6 Å². The molecule has 99 heavy (non-hydrogen) atoms. The van der Waals surface area contributed by atoms with Gasteiger partial charge in [0.25, 0.3) is 11.8 Å². The van der Waals surface area contributed by atoms with Crippen LogP contribution >= 0.6 is 0 Å². The highest BCUT2D eigenvalue weighted by molar-refractivity contribution is 6.07. The Morgan fingerprint density at radius 2 is 1.28 bits per heavy atom. The van der Waals surface area contributed by atoms with Gasteiger partial charge in [0, 0.05) is 61.1 Å². The van der Waals surface area contributed by atoms with Crippen LogP contribution in [0.5, 0.6) is 23.0 Å². The molecular formula is C74H82N10O15. The number of rotatable bonds is 25. The first-order valence-corrected chi connectivity index (χ1v) is 33.7. The minimum absolute atomic E-state index is 0.0155. The Bertz CT molecular complexity index is 4100. The van der Waals surface area contributed by atoms with Gasteiger partial charge in [-0.05, 0) is 135 Å². The maximum Gasteiger partial charge on any atom is 0.416 e. The van der Waals surface area contributed by atoms with Crippen LogP contribution in [0.2, 0.25) is 0 Å². The summed E-state index contributed by atoms with van der Waals surface area (Å²) in [7, 11) is 3.01. The van der Waals surface area contributed by atoms with Crippen molar-refractivity contribution in [1.29, 1.82) is 0 Å². The molecule has 12 rings (SSSR count). The number of anilines is 3. The number of fused-ring (bicyclic) bond motifs is 6. The van der Waals surface area contributed by atoms with Crippen LogP contribution in [0.1, 0.15) is 134 Å². The van der Waals surface area contributed by atoms with Gasteiger partial charge in [-0.2, -0.15) is 0 Å². The van der Waals surface area contributed by atoms with Crippen LogP contribution in [-0.2, 0) is 46.7 Å². The van der Waals surface area contributed by atoms with Crippen molar-refractivity contribution in [2.75, 3.05) is 68.7 Å². The number of carbonyl (C=O) groups excluding carboxylic acids is 9. The average Bonchev–Trinajstić information content (AvgIpc) is 1.58. The highest BCUT2D eigenvalue weighted by Crippen LogP contribution is 2.58. The molecule has 0 unspecified atom stereocenters. The van der Waals surface area contributed by atoms with Gasteiger partial charge in [0.1, 0.15) is 18.7 Å². The number of aliphatic hydroxyl groups is 1. The predicted molar refractivity (Wildman–Crippen MR) is 365 cm³/mol. The predicted octanol–water partition coefficient (Wildman–Crippen LogP) is 7.06. The Kier molecular flexibility index (Phi) is 20.3. The number of amides is 9. The van der Waals surface area contributed by atoms with Crippen molar-refractivity contribution in [2.45, 2.75) is 135 Å². The number of nitrogens with one attached hydrogen (secondary N) is 5. The van der Waals surface area contributed by atoms with Crippen molar-refractivity contribution in [3.8, 4) is 34.8 Å². The molecule has 5 aromatic carbocycles. The molecular weight excluding hydrogens is 1270 g/mol. The van der Waals surface area contributed by atoms with Gasteiger partial charge in [-0.15, -0.1) is 0 Å². The van der Waals surface area contributed by atoms with E-state index in [1.807, 2.05) is 53.6 Å². The van der Waals surface area contributed by atoms with Gasteiger partial charge in [-0.3, -0.25) is 43.3 Å². The summed E-state index contributed by atoms with van der Waals surface area (Å²) in [6.07, 6.45) is 6.66. The zero-order valence-corrected chi connectivity index (χ0v) is 56.1. The Labute approximate surface area is 573 Å². The first kappa shape index (κ1) is 68.5. The maximum absolute atomic E-state index is 14.4. The van der Waals surface area contributed by atoms with E-state index < -0.39 is 79.0 Å². The summed E-state index contributed by atoms with van der Waals surface area (Å²) in [6.45, 7) is 5.67. The summed E-state index contributed by atoms with van der Waals surface area (Å²) in [4.78, 5) is 133. The molecule has 2 saturated heterocycles. The largest absolute Gasteiger partial charge is 0.493 e. The number of benzene rings is 5. The smallest absolute Gasteiger partial charge is 0.416 e. The lowest BCUT2D eigenvalue weighted by Crippen LogP contribution is -2.55. The van der Waals surface area contributed by atoms with Crippen molar-refractivity contribution in [3.63, 3.8) is 0 Å². The second-order valence-corrected chi connectivity index (χ2v) is 27.0. The number of carbonyl (C=O) groups is 9. The van der Waals surface area contributed by atoms with Crippen molar-refractivity contribution in [2.24, 2.45) is 21.7 Å². The third kappa shape index (κ3) is 15.5. The van der Waals surface area contributed by atoms with E-state index in [9.17, 15) is 48.3 Å². The molecule has 518 valence electrons. The van der Waals surface area contributed by atoms with Crippen LogP contribution in [0.15, 0.2) is 102 Å². The summed E-state index contributed by atoms with van der Waals surface area (Å²) in [6, 6.07) is 24.9. The first-order valence-electron chi connectivity index (χ1n) is 33.7. The normalized spacial score (nSPS) is 18.9. The molecule has 5 aromatic rings. The minimum atomic E-state index is -1.47. The third-order valence-corrected chi connectivity index (χ3v) is 19.5. The van der Waals surface area contributed by atoms with Crippen molar-refractivity contribution in [3.05, 3.63) is 130 Å². The van der Waals surface area contributed by atoms with Crippen LogP contribution in [-0.4, -0.2) is 158 Å². The second kappa shape index (κ2) is 29.3. The van der Waals surface area contributed by atoms with Crippen LogP contribution < -0.4 is 55.3 Å². The quantitative estimate of drug-likeness (QED) is 0.0252. The third-order valence-electron chi connectivity index (χ3n) is 19.5. The number of ether oxygens (including phenoxy) is 5. The fourth-order valence-corrected chi connectivity index (χ4v) is 13.5. The second-order valence-electron chi connectivity index (χ2n) is 27.0. The number of nitrogens with zero attached hydrogens (tertiary/aromatic N) is 5. The number of hydrogen-bond acceptors (Lipinski definition) is 16. The number of para-hydroxylation sites is 1. The molecule has 4 fully saturated rings. The van der Waals surface area contributed by atoms with Gasteiger partial charge < -0.3 is 70.1 Å². The molecule has 5 atom stereocenters. The Balaban J connectivity index is 0.590. The Morgan fingerprint density at radius 1 is 0.657 bits per heavy atom. The number of methoxy groups -OCH3 is 2. The number of aliphatic imine (C=N–C) groups is 1. The highest BCUT2D eigenvalue weighted by atomic mass is 16.6. The van der Waals surface area contributed by atoms with Gasteiger partial charge in [0.2, 0.25) is 35.4 Å². The SMILES string of the molecule is COc1cc2c(cc1OCCCCCOc1cc3c(cc1OC)C(=O)N1CC4(CC4)C[C@H]1[C@H](O)N3C(=O)OCc1ccc(NC(=O)[C@H](C)NC(=O)[C@@H](NC(=O)CNC(=O)CNC(=O)CCC(=O)N3Cc4ccccc4C#Cc4ccccc43)C(C)C)cc1)N=C[C@@H]1CC3(CC3)CN1C2=O. The summed E-state index contributed by atoms with van der Waals surface area (Å²) in [5, 5.41) is 25.0. The number of aliphatic hydroxyl groups excluding tert-OH is 1. The van der Waals surface area contributed by atoms with E-state index >= 15 is 0 Å². The van der Waals surface area contributed by atoms with Crippen molar-refractivity contribution < 1.29 is 71.9 Å². The molecule has 5 aliphatic heterocycles. The molecule has 25 nitrogen and oxygen atoms in total. The molecule has 25 heteroatoms. The number of hydrogen-bond donors (Lipinski definition) is 6. The Hall–Kier alpha value is -10.5. The molecule has 2 saturated carbocycles. The highest BCUT2D eigenvalue weighted by Gasteiger charge is 2.58. The topological polar surface area (TPSA) is 305 Å². The lowest BCUT2D eigenvalue weighted by Gasteiger charge is -2.31. The lowest BCUT2D eigenvalue weighted by atomic mass is 10.0. The van der Waals surface area contributed by atoms with Gasteiger partial charge in [-0.1, -0.05) is 68.2 Å². The lowest BCUT2D eigenvalue weighted by molar-refractivity contribution is -0.132. The van der Waals surface area contributed by atoms with E-state index in [-0.39, 0.29) is 89.9 Å². The molecule has 6 N–H and O–H groups in total. The van der Waals surface area contributed by atoms with E-state index in [4.69, 9.17) is 28.7 Å². The van der Waals surface area contributed by atoms with Gasteiger partial charge >= 0.3 is 6.09 Å². The van der Waals surface area contributed by atoms with Crippen LogP contribution in [0.4, 0.5) is 27.5 Å². The molecule has 9 amide bonds. The summed E-state index contributed by atoms with van der Waals surface area (Å²) in [5.41, 5.74) is 5.25. The van der Waals surface area contributed by atoms with Crippen LogP contribution in [0.3, 0.4) is 0 Å². The van der Waals surface area contributed by atoms with Gasteiger partial charge in [-0.25, -0.2) is 9.69 Å². The summed E-state index contributed by atoms with van der Waals surface area (Å²) in [5.74, 6) is 3.48. The van der Waals surface area contributed by atoms with Crippen molar-refractivity contribution in [1.82, 2.24) is 31.1 Å². The molecule has 0 radical (unpaired) electrons. The van der Waals surface area contributed by atoms with E-state index in [0.717, 1.165) is 54.7 Å². The molecule has 0 bridgehead atoms. The fourth-order valence-electron chi connectivity index (χ4n) is 13.5. The first-order chi connectivity index (χ1) is 47.7. The van der Waals surface area contributed by atoms with Gasteiger partial charge in [0.05, 0.1) is 87.3 Å². The fraction of sp³-hybridized carbons (Fsp3) is 0.432. The summed E-state index contributed by atoms with van der Waals surface area (Å²) < 4.78 is 29.8. The molecule has 0 aromatic heterocycles. The number of unbranched alkanes of at least 4 members (excludes halogenated alkanes) is 2. The average molecular weight is 1350 g/mol. The zero-order valence-electron chi connectivity index (χ0n) is 56.1. The maximum atomic E-state index is 14.4. The molecule has 2 aliphatic carbocycles. The van der Waals surface area contributed by atoms with E-state index in [2.05, 4.69) is 38.4 Å². The standard InChI is InChI=1S/C74H82N10O15/c1-44(2)66(80-64(87)39-77-63(86)38-76-62(85)23-24-65(88)81-40-49-15-8-7-13-47(49)19-20-48-14-9-10-16-55(48)81)68(90)78-45(3)67(89)79-50-21-17-46(18-22-50)41-99-72(94)84-56-34-61(59(96-5)32-53(56)70(92)83-43-74(27-28-74)36-57(83)71(84)93)98-30-12-6-11-29-97-60-33-54-52(31-58(60)95-4)69(91)82-42-73(25-26-73)35-51(82)37-75-54/h7-10,13-18,21-22,31-34,37,44-45,51,57,66,71,93H,6,11-12,23-30,35-36,38-43H2,1-5H3,(H,76,85)(H,77,86)(H,78,90)(H,79,89)(H,80,87)/t45-,51-,57-,66-,71-/m0/s1. The van der Waals surface area contributed by atoms with Crippen molar-refractivity contribution >= 4 is 82.3 Å². The molecule has 2 spiro atoms. The molecule has 5 heterocycles. The van der Waals surface area contributed by atoms with E-state index in [1.54, 1.807) is 73.2 Å². The summed E-state index contributed by atoms with van der Waals surface area (Å²) >= 11 is 0. The van der Waals surface area contributed by atoms with Gasteiger partial charge in [0.15, 0.2) is 29.2 Å². The van der Waals surface area contributed by atoms with Crippen LogP contribution in [0.25, 0.3) is 0 Å². The zero-order chi connectivity index (χ0) is 69.7.